The van der Waals surface area contributed by atoms with Gasteiger partial charge in [0.05, 0.1) is 22.0 Å². The number of nitrogens with one attached hydrogen (secondary N) is 1. The number of nitro groups is 1. The summed E-state index contributed by atoms with van der Waals surface area (Å²) in [6.45, 7) is 3.37. The Morgan fingerprint density at radius 1 is 1.12 bits per heavy atom. The van der Waals surface area contributed by atoms with Crippen LogP contribution in [0.3, 0.4) is 0 Å². The van der Waals surface area contributed by atoms with Crippen LogP contribution in [0.15, 0.2) is 59.6 Å². The van der Waals surface area contributed by atoms with Crippen molar-refractivity contribution in [1.82, 2.24) is 14.1 Å². The van der Waals surface area contributed by atoms with E-state index in [1.54, 1.807) is 0 Å². The maximum Gasteiger partial charge on any atom is 0.270 e. The van der Waals surface area contributed by atoms with Crippen molar-refractivity contribution in [3.63, 3.8) is 0 Å². The van der Waals surface area contributed by atoms with Crippen molar-refractivity contribution in [3.8, 4) is 5.69 Å². The minimum atomic E-state index is -3.80. The molecule has 0 aliphatic carbocycles. The fraction of sp³-hybridized carbons (Fsp3) is 0.348. The highest BCUT2D eigenvalue weighted by Crippen LogP contribution is 2.30. The lowest BCUT2D eigenvalue weighted by Crippen LogP contribution is -2.28. The fourth-order valence-corrected chi connectivity index (χ4v) is 5.71. The number of para-hydroxylation sites is 1. The van der Waals surface area contributed by atoms with Crippen molar-refractivity contribution >= 4 is 21.4 Å². The quantitative estimate of drug-likeness (QED) is 0.289. The van der Waals surface area contributed by atoms with Crippen molar-refractivity contribution in [1.29, 1.82) is 0 Å². The zero-order valence-electron chi connectivity index (χ0n) is 18.5. The van der Waals surface area contributed by atoms with Gasteiger partial charge < -0.3 is 5.32 Å². The molecule has 0 unspecified atom stereocenters. The van der Waals surface area contributed by atoms with Crippen LogP contribution in [0.2, 0.25) is 0 Å². The average molecular weight is 470 g/mol. The number of nitrogens with zero attached hydrogens (tertiary/aromatic N) is 4. The zero-order chi connectivity index (χ0) is 23.4. The van der Waals surface area contributed by atoms with E-state index in [1.165, 1.54) is 16.4 Å². The summed E-state index contributed by atoms with van der Waals surface area (Å²) in [6.07, 6.45) is 5.13. The molecule has 1 N–H and O–H groups in total. The van der Waals surface area contributed by atoms with Gasteiger partial charge in [-0.3, -0.25) is 10.1 Å². The largest absolute Gasteiger partial charge is 0.384 e. The predicted octanol–water partition coefficient (Wildman–Crippen LogP) is 3.92. The number of aromatic nitrogens is 2. The number of aryl methyl sites for hydroxylation is 2. The highest BCUT2D eigenvalue weighted by molar-refractivity contribution is 7.89. The molecule has 2 heterocycles. The maximum atomic E-state index is 13.1. The molecule has 174 valence electrons. The Morgan fingerprint density at radius 3 is 2.55 bits per heavy atom. The van der Waals surface area contributed by atoms with Gasteiger partial charge in [0.2, 0.25) is 10.0 Å². The Balaban J connectivity index is 1.45. The third-order valence-electron chi connectivity index (χ3n) is 5.82. The summed E-state index contributed by atoms with van der Waals surface area (Å²) < 4.78 is 29.5. The van der Waals surface area contributed by atoms with Gasteiger partial charge >= 0.3 is 0 Å². The van der Waals surface area contributed by atoms with Crippen molar-refractivity contribution in [2.45, 2.75) is 37.5 Å². The first-order valence-electron chi connectivity index (χ1n) is 11.0. The summed E-state index contributed by atoms with van der Waals surface area (Å²) in [5.41, 5.74) is 3.22. The van der Waals surface area contributed by atoms with E-state index in [0.29, 0.717) is 25.3 Å². The van der Waals surface area contributed by atoms with Crippen LogP contribution in [-0.4, -0.2) is 47.1 Å². The molecule has 10 heteroatoms. The number of hydrogen-bond acceptors (Lipinski definition) is 6. The Labute approximate surface area is 193 Å². The topological polar surface area (TPSA) is 110 Å². The molecular formula is C23H27N5O4S. The first-order valence-corrected chi connectivity index (χ1v) is 12.4. The van der Waals surface area contributed by atoms with Crippen LogP contribution in [0.5, 0.6) is 0 Å². The van der Waals surface area contributed by atoms with Crippen LogP contribution in [0.25, 0.3) is 5.69 Å². The second-order valence-corrected chi connectivity index (χ2v) is 10.0. The summed E-state index contributed by atoms with van der Waals surface area (Å²) in [4.78, 5) is 10.6. The Bertz CT molecular complexity index is 1230. The molecule has 1 aliphatic heterocycles. The van der Waals surface area contributed by atoms with E-state index in [9.17, 15) is 18.5 Å². The first kappa shape index (κ1) is 22.9. The number of rotatable bonds is 9. The zero-order valence-corrected chi connectivity index (χ0v) is 19.3. The molecule has 0 spiro atoms. The van der Waals surface area contributed by atoms with E-state index in [0.717, 1.165) is 48.7 Å². The molecule has 2 aromatic carbocycles. The monoisotopic (exact) mass is 469 g/mol. The van der Waals surface area contributed by atoms with Gasteiger partial charge in [-0.2, -0.15) is 9.40 Å². The number of hydrogen-bond donors (Lipinski definition) is 1. The van der Waals surface area contributed by atoms with Crippen LogP contribution in [0.1, 0.15) is 30.5 Å². The van der Waals surface area contributed by atoms with Gasteiger partial charge in [0.25, 0.3) is 5.69 Å². The predicted molar refractivity (Wildman–Crippen MR) is 126 cm³/mol. The molecule has 9 nitrogen and oxygen atoms in total. The minimum absolute atomic E-state index is 0.0355. The van der Waals surface area contributed by atoms with Gasteiger partial charge in [-0.05, 0) is 56.4 Å². The molecule has 1 aliphatic rings. The second kappa shape index (κ2) is 9.72. The van der Waals surface area contributed by atoms with Crippen LogP contribution in [0, 0.1) is 17.0 Å². The molecule has 0 radical (unpaired) electrons. The smallest absolute Gasteiger partial charge is 0.270 e. The number of benzene rings is 2. The summed E-state index contributed by atoms with van der Waals surface area (Å²) in [5, 5.41) is 19.0. The first-order chi connectivity index (χ1) is 15.9. The van der Waals surface area contributed by atoms with E-state index in [-0.39, 0.29) is 10.6 Å². The fourth-order valence-electron chi connectivity index (χ4n) is 4.01. The van der Waals surface area contributed by atoms with Gasteiger partial charge in [-0.25, -0.2) is 13.1 Å². The van der Waals surface area contributed by atoms with Gasteiger partial charge in [-0.15, -0.1) is 0 Å². The Hall–Kier alpha value is -3.24. The third-order valence-corrected chi connectivity index (χ3v) is 7.76. The molecule has 0 atom stereocenters. The molecular weight excluding hydrogens is 442 g/mol. The molecule has 0 amide bonds. The average Bonchev–Trinajstić information content (AvgIpc) is 3.48. The van der Waals surface area contributed by atoms with E-state index < -0.39 is 14.9 Å². The molecule has 1 aromatic heterocycles. The lowest BCUT2D eigenvalue weighted by molar-refractivity contribution is -0.385. The lowest BCUT2D eigenvalue weighted by atomic mass is 10.1. The van der Waals surface area contributed by atoms with Gasteiger partial charge in [0.1, 0.15) is 4.90 Å². The van der Waals surface area contributed by atoms with Crippen molar-refractivity contribution in [2.24, 2.45) is 0 Å². The number of anilines is 1. The highest BCUT2D eigenvalue weighted by Gasteiger charge is 2.30. The normalized spacial score (nSPS) is 14.5. The summed E-state index contributed by atoms with van der Waals surface area (Å²) >= 11 is 0. The molecule has 1 fully saturated rings. The molecule has 1 saturated heterocycles. The van der Waals surface area contributed by atoms with E-state index in [4.69, 9.17) is 0 Å². The van der Waals surface area contributed by atoms with Gasteiger partial charge in [0.15, 0.2) is 0 Å². The highest BCUT2D eigenvalue weighted by atomic mass is 32.2. The van der Waals surface area contributed by atoms with Crippen LogP contribution < -0.4 is 5.32 Å². The Kier molecular flexibility index (Phi) is 6.75. The van der Waals surface area contributed by atoms with E-state index >= 15 is 0 Å². The molecule has 3 aromatic rings. The van der Waals surface area contributed by atoms with Crippen molar-refractivity contribution in [2.75, 3.05) is 25.0 Å². The molecule has 4 rings (SSSR count). The number of nitro benzene ring substituents is 1. The minimum Gasteiger partial charge on any atom is -0.384 e. The summed E-state index contributed by atoms with van der Waals surface area (Å²) in [7, 11) is -3.80. The van der Waals surface area contributed by atoms with Crippen molar-refractivity contribution < 1.29 is 13.3 Å². The number of sulfonamides is 1. The standard InChI is InChI=1S/C23H27N5O4S/c1-18-19(17-27(25-18)20-9-3-2-4-10-20)8-7-13-24-22-12-11-21(28(29)30)16-23(22)33(31,32)26-14-5-6-15-26/h2-4,9-12,16-17,24H,5-8,13-15H2,1H3. The van der Waals surface area contributed by atoms with E-state index in [1.807, 2.05) is 48.1 Å². The second-order valence-electron chi connectivity index (χ2n) is 8.10. The van der Waals surface area contributed by atoms with Crippen LogP contribution in [0.4, 0.5) is 11.4 Å². The van der Waals surface area contributed by atoms with E-state index in [2.05, 4.69) is 10.4 Å². The van der Waals surface area contributed by atoms with Crippen LogP contribution >= 0.6 is 0 Å². The summed E-state index contributed by atoms with van der Waals surface area (Å²) in [6, 6.07) is 13.9. The lowest BCUT2D eigenvalue weighted by Gasteiger charge is -2.18. The Morgan fingerprint density at radius 2 is 1.85 bits per heavy atom. The number of non-ortho nitro benzene ring substituents is 1. The maximum absolute atomic E-state index is 13.1. The molecule has 33 heavy (non-hydrogen) atoms. The summed E-state index contributed by atoms with van der Waals surface area (Å²) in [5.74, 6) is 0. The molecule has 0 saturated carbocycles. The van der Waals surface area contributed by atoms with Gasteiger partial charge in [-0.1, -0.05) is 18.2 Å². The van der Waals surface area contributed by atoms with Crippen molar-refractivity contribution in [3.05, 3.63) is 76.1 Å². The molecule has 0 bridgehead atoms. The SMILES string of the molecule is Cc1nn(-c2ccccc2)cc1CCCNc1ccc([N+](=O)[O-])cc1S(=O)(=O)N1CCCC1. The van der Waals surface area contributed by atoms with Crippen LogP contribution in [-0.2, 0) is 16.4 Å². The third kappa shape index (κ3) is 5.07. The van der Waals surface area contributed by atoms with Gasteiger partial charge in [0, 0.05) is 38.0 Å².